The fraction of sp³-hybridized carbons (Fsp3) is 0. The van der Waals surface area contributed by atoms with Gasteiger partial charge in [0, 0.05) is 11.1 Å². The highest BCUT2D eigenvalue weighted by molar-refractivity contribution is 5.84. The first-order valence-electron chi connectivity index (χ1n) is 6.41. The third kappa shape index (κ3) is 1.70. The third-order valence-electron chi connectivity index (χ3n) is 3.35. The number of aromatic amines is 1. The zero-order chi connectivity index (χ0) is 13.5. The van der Waals surface area contributed by atoms with Crippen molar-refractivity contribution in [1.29, 1.82) is 0 Å². The molecule has 0 aliphatic rings. The number of benzene rings is 2. The zero-order valence-electron chi connectivity index (χ0n) is 10.7. The quantitative estimate of drug-likeness (QED) is 0.516. The standard InChI is InChI=1S/C16H12N4/c17-11-6-8-13-15(9-11)20-16(19-13)14-7-5-10-3-1-2-4-12(10)18-14/h1-9H,17H2,(H,19,20). The summed E-state index contributed by atoms with van der Waals surface area (Å²) in [6.07, 6.45) is 0. The predicted octanol–water partition coefficient (Wildman–Crippen LogP) is 3.36. The van der Waals surface area contributed by atoms with E-state index in [1.165, 1.54) is 0 Å². The molecule has 0 aliphatic carbocycles. The molecule has 4 rings (SSSR count). The van der Waals surface area contributed by atoms with Gasteiger partial charge < -0.3 is 10.7 Å². The van der Waals surface area contributed by atoms with Crippen LogP contribution < -0.4 is 5.73 Å². The molecule has 20 heavy (non-hydrogen) atoms. The number of para-hydroxylation sites is 1. The first-order valence-corrected chi connectivity index (χ1v) is 6.41. The summed E-state index contributed by atoms with van der Waals surface area (Å²) in [4.78, 5) is 12.5. The fourth-order valence-electron chi connectivity index (χ4n) is 2.35. The highest BCUT2D eigenvalue weighted by Gasteiger charge is 2.07. The fourth-order valence-corrected chi connectivity index (χ4v) is 2.35. The number of aromatic nitrogens is 3. The first kappa shape index (κ1) is 11.0. The summed E-state index contributed by atoms with van der Waals surface area (Å²) in [6, 6.07) is 17.7. The van der Waals surface area contributed by atoms with Crippen molar-refractivity contribution in [1.82, 2.24) is 15.0 Å². The molecular formula is C16H12N4. The first-order chi connectivity index (χ1) is 9.79. The number of nitrogen functional groups attached to an aromatic ring is 1. The third-order valence-corrected chi connectivity index (χ3v) is 3.35. The molecule has 3 N–H and O–H groups in total. The minimum absolute atomic E-state index is 0.721. The summed E-state index contributed by atoms with van der Waals surface area (Å²) in [7, 11) is 0. The van der Waals surface area contributed by atoms with E-state index in [1.54, 1.807) is 0 Å². The average Bonchev–Trinajstić information content (AvgIpc) is 2.89. The maximum atomic E-state index is 5.78. The second-order valence-corrected chi connectivity index (χ2v) is 4.75. The van der Waals surface area contributed by atoms with Crippen molar-refractivity contribution in [3.8, 4) is 11.5 Å². The van der Waals surface area contributed by atoms with Crippen molar-refractivity contribution in [2.24, 2.45) is 0 Å². The summed E-state index contributed by atoms with van der Waals surface area (Å²) in [5, 5.41) is 1.12. The van der Waals surface area contributed by atoms with Crippen LogP contribution in [0.5, 0.6) is 0 Å². The van der Waals surface area contributed by atoms with Crippen molar-refractivity contribution in [2.45, 2.75) is 0 Å². The monoisotopic (exact) mass is 260 g/mol. The van der Waals surface area contributed by atoms with E-state index < -0.39 is 0 Å². The Kier molecular flexibility index (Phi) is 2.23. The molecule has 0 atom stereocenters. The maximum Gasteiger partial charge on any atom is 0.157 e. The van der Waals surface area contributed by atoms with Crippen molar-refractivity contribution >= 4 is 27.6 Å². The minimum atomic E-state index is 0.721. The smallest absolute Gasteiger partial charge is 0.157 e. The molecule has 0 spiro atoms. The largest absolute Gasteiger partial charge is 0.399 e. The lowest BCUT2D eigenvalue weighted by atomic mass is 10.2. The number of anilines is 1. The van der Waals surface area contributed by atoms with Crippen LogP contribution >= 0.6 is 0 Å². The predicted molar refractivity (Wildman–Crippen MR) is 81.2 cm³/mol. The number of hydrogen-bond acceptors (Lipinski definition) is 3. The Balaban J connectivity index is 1.91. The molecule has 0 saturated heterocycles. The molecule has 4 heteroatoms. The Bertz CT molecular complexity index is 924. The second kappa shape index (κ2) is 4.06. The van der Waals surface area contributed by atoms with Crippen LogP contribution in [0, 0.1) is 0 Å². The van der Waals surface area contributed by atoms with Crippen LogP contribution in [0.15, 0.2) is 54.6 Å². The van der Waals surface area contributed by atoms with Gasteiger partial charge in [0.15, 0.2) is 5.82 Å². The van der Waals surface area contributed by atoms with E-state index in [9.17, 15) is 0 Å². The lowest BCUT2D eigenvalue weighted by molar-refractivity contribution is 1.27. The van der Waals surface area contributed by atoms with E-state index >= 15 is 0 Å². The molecule has 0 radical (unpaired) electrons. The van der Waals surface area contributed by atoms with Gasteiger partial charge in [0.05, 0.1) is 16.6 Å². The van der Waals surface area contributed by atoms with Gasteiger partial charge in [-0.25, -0.2) is 9.97 Å². The van der Waals surface area contributed by atoms with Crippen LogP contribution in [-0.4, -0.2) is 15.0 Å². The maximum absolute atomic E-state index is 5.78. The molecule has 2 aromatic heterocycles. The van der Waals surface area contributed by atoms with Crippen LogP contribution in [-0.2, 0) is 0 Å². The molecule has 0 bridgehead atoms. The molecule has 4 nitrogen and oxygen atoms in total. The summed E-state index contributed by atoms with van der Waals surface area (Å²) >= 11 is 0. The number of imidazole rings is 1. The molecule has 4 aromatic rings. The van der Waals surface area contributed by atoms with Gasteiger partial charge in [0.25, 0.3) is 0 Å². The average molecular weight is 260 g/mol. The lowest BCUT2D eigenvalue weighted by Gasteiger charge is -1.99. The van der Waals surface area contributed by atoms with E-state index in [0.29, 0.717) is 0 Å². The van der Waals surface area contributed by atoms with Crippen LogP contribution in [0.3, 0.4) is 0 Å². The van der Waals surface area contributed by atoms with Gasteiger partial charge in [0.1, 0.15) is 5.69 Å². The SMILES string of the molecule is Nc1ccc2nc(-c3ccc4ccccc4n3)[nH]c2c1. The van der Waals surface area contributed by atoms with Crippen LogP contribution in [0.4, 0.5) is 5.69 Å². The number of nitrogens with zero attached hydrogens (tertiary/aromatic N) is 2. The number of nitrogens with one attached hydrogen (secondary N) is 1. The van der Waals surface area contributed by atoms with E-state index in [4.69, 9.17) is 5.73 Å². The number of hydrogen-bond donors (Lipinski definition) is 2. The van der Waals surface area contributed by atoms with E-state index in [-0.39, 0.29) is 0 Å². The van der Waals surface area contributed by atoms with E-state index in [1.807, 2.05) is 48.5 Å². The summed E-state index contributed by atoms with van der Waals surface area (Å²) in [6.45, 7) is 0. The molecule has 0 saturated carbocycles. The Morgan fingerprint density at radius 1 is 0.850 bits per heavy atom. The summed E-state index contributed by atoms with van der Waals surface area (Å²) < 4.78 is 0. The molecule has 0 unspecified atom stereocenters. The van der Waals surface area contributed by atoms with Gasteiger partial charge in [-0.3, -0.25) is 0 Å². The molecule has 2 heterocycles. The van der Waals surface area contributed by atoms with Gasteiger partial charge in [-0.05, 0) is 30.3 Å². The molecule has 0 fully saturated rings. The number of rotatable bonds is 1. The lowest BCUT2D eigenvalue weighted by Crippen LogP contribution is -1.86. The molecular weight excluding hydrogens is 248 g/mol. The second-order valence-electron chi connectivity index (χ2n) is 4.75. The van der Waals surface area contributed by atoms with E-state index in [0.717, 1.165) is 39.1 Å². The zero-order valence-corrected chi connectivity index (χ0v) is 10.7. The molecule has 96 valence electrons. The minimum Gasteiger partial charge on any atom is -0.399 e. The summed E-state index contributed by atoms with van der Waals surface area (Å²) in [5.74, 6) is 0.761. The topological polar surface area (TPSA) is 67.6 Å². The number of H-pyrrole nitrogens is 1. The Hall–Kier alpha value is -2.88. The van der Waals surface area contributed by atoms with Crippen molar-refractivity contribution in [3.05, 3.63) is 54.6 Å². The molecule has 0 amide bonds. The number of fused-ring (bicyclic) bond motifs is 2. The molecule has 0 aliphatic heterocycles. The normalized spacial score (nSPS) is 11.2. The Morgan fingerprint density at radius 3 is 2.70 bits per heavy atom. The Morgan fingerprint density at radius 2 is 1.75 bits per heavy atom. The van der Waals surface area contributed by atoms with Gasteiger partial charge in [-0.2, -0.15) is 0 Å². The van der Waals surface area contributed by atoms with Crippen LogP contribution in [0.2, 0.25) is 0 Å². The highest BCUT2D eigenvalue weighted by Crippen LogP contribution is 2.22. The van der Waals surface area contributed by atoms with E-state index in [2.05, 4.69) is 21.0 Å². The van der Waals surface area contributed by atoms with Crippen LogP contribution in [0.25, 0.3) is 33.5 Å². The number of nitrogens with two attached hydrogens (primary N) is 1. The van der Waals surface area contributed by atoms with Gasteiger partial charge in [-0.15, -0.1) is 0 Å². The van der Waals surface area contributed by atoms with Crippen LogP contribution in [0.1, 0.15) is 0 Å². The Labute approximate surface area is 115 Å². The highest BCUT2D eigenvalue weighted by atomic mass is 14.9. The summed E-state index contributed by atoms with van der Waals surface area (Å²) in [5.41, 5.74) is 10.1. The van der Waals surface area contributed by atoms with Gasteiger partial charge in [0.2, 0.25) is 0 Å². The van der Waals surface area contributed by atoms with Gasteiger partial charge in [-0.1, -0.05) is 24.3 Å². The van der Waals surface area contributed by atoms with Crippen molar-refractivity contribution in [3.63, 3.8) is 0 Å². The van der Waals surface area contributed by atoms with Crippen molar-refractivity contribution < 1.29 is 0 Å². The number of pyridine rings is 1. The van der Waals surface area contributed by atoms with Gasteiger partial charge >= 0.3 is 0 Å². The van der Waals surface area contributed by atoms with Crippen molar-refractivity contribution in [2.75, 3.05) is 5.73 Å². The molecule has 2 aromatic carbocycles.